The second-order valence-corrected chi connectivity index (χ2v) is 3.63. The summed E-state index contributed by atoms with van der Waals surface area (Å²) in [7, 11) is 0. The molecule has 2 rings (SSSR count). The van der Waals surface area contributed by atoms with Gasteiger partial charge in [0, 0.05) is 16.6 Å². The van der Waals surface area contributed by atoms with Crippen molar-refractivity contribution < 1.29 is 4.39 Å². The zero-order valence-corrected chi connectivity index (χ0v) is 8.07. The van der Waals surface area contributed by atoms with Gasteiger partial charge in [-0.25, -0.2) is 4.39 Å². The van der Waals surface area contributed by atoms with Gasteiger partial charge in [0.05, 0.1) is 4.47 Å². The largest absolute Gasteiger partial charge is 0.359 e. The van der Waals surface area contributed by atoms with Crippen LogP contribution >= 0.6 is 15.9 Å². The lowest BCUT2D eigenvalue weighted by molar-refractivity contribution is 0.633. The van der Waals surface area contributed by atoms with Gasteiger partial charge >= 0.3 is 0 Å². The van der Waals surface area contributed by atoms with Crippen LogP contribution in [0.2, 0.25) is 0 Å². The van der Waals surface area contributed by atoms with E-state index in [0.29, 0.717) is 9.86 Å². The molecule has 0 aliphatic heterocycles. The Bertz CT molecular complexity index is 433. The van der Waals surface area contributed by atoms with Gasteiger partial charge in [-0.3, -0.25) is 0 Å². The number of aryl methyl sites for hydroxylation is 1. The van der Waals surface area contributed by atoms with Gasteiger partial charge in [-0.05, 0) is 41.1 Å². The van der Waals surface area contributed by atoms with Crippen molar-refractivity contribution in [2.75, 3.05) is 0 Å². The lowest BCUT2D eigenvalue weighted by atomic mass is 10.2. The van der Waals surface area contributed by atoms with Crippen LogP contribution in [-0.4, -0.2) is 4.98 Å². The number of rotatable bonds is 0. The van der Waals surface area contributed by atoms with Crippen molar-refractivity contribution in [1.82, 2.24) is 4.98 Å². The van der Waals surface area contributed by atoms with Crippen molar-refractivity contribution in [1.29, 1.82) is 0 Å². The monoisotopic (exact) mass is 227 g/mol. The maximum Gasteiger partial charge on any atom is 0.146 e. The third-order valence-electron chi connectivity index (χ3n) is 1.83. The molecule has 1 N–H and O–H groups in total. The summed E-state index contributed by atoms with van der Waals surface area (Å²) in [5.41, 5.74) is 1.82. The lowest BCUT2D eigenvalue weighted by Gasteiger charge is -1.94. The van der Waals surface area contributed by atoms with E-state index >= 15 is 0 Å². The summed E-state index contributed by atoms with van der Waals surface area (Å²) in [6.45, 7) is 1.91. The second-order valence-electron chi connectivity index (χ2n) is 2.77. The highest BCUT2D eigenvalue weighted by Gasteiger charge is 2.06. The SMILES string of the molecule is Cc1cc2c(F)c(Br)ccc2[nH]1. The summed E-state index contributed by atoms with van der Waals surface area (Å²) in [6.07, 6.45) is 0. The molecule has 0 radical (unpaired) electrons. The van der Waals surface area contributed by atoms with E-state index < -0.39 is 0 Å². The summed E-state index contributed by atoms with van der Waals surface area (Å²) in [6, 6.07) is 5.36. The summed E-state index contributed by atoms with van der Waals surface area (Å²) in [5, 5.41) is 0.641. The number of fused-ring (bicyclic) bond motifs is 1. The van der Waals surface area contributed by atoms with Gasteiger partial charge in [-0.1, -0.05) is 0 Å². The third-order valence-corrected chi connectivity index (χ3v) is 2.44. The molecule has 1 aromatic carbocycles. The Kier molecular flexibility index (Phi) is 1.68. The minimum absolute atomic E-state index is 0.197. The van der Waals surface area contributed by atoms with Crippen molar-refractivity contribution in [3.63, 3.8) is 0 Å². The van der Waals surface area contributed by atoms with Crippen LogP contribution in [0.4, 0.5) is 4.39 Å². The van der Waals surface area contributed by atoms with Crippen LogP contribution < -0.4 is 0 Å². The zero-order valence-electron chi connectivity index (χ0n) is 6.49. The minimum atomic E-state index is -0.197. The van der Waals surface area contributed by atoms with E-state index in [1.54, 1.807) is 12.1 Å². The predicted molar refractivity (Wildman–Crippen MR) is 50.7 cm³/mol. The summed E-state index contributed by atoms with van der Waals surface area (Å²) in [5.74, 6) is -0.197. The molecule has 0 amide bonds. The highest BCUT2D eigenvalue weighted by Crippen LogP contribution is 2.24. The second kappa shape index (κ2) is 2.59. The molecular weight excluding hydrogens is 221 g/mol. The molecule has 0 atom stereocenters. The summed E-state index contributed by atoms with van der Waals surface area (Å²) < 4.78 is 13.9. The fourth-order valence-corrected chi connectivity index (χ4v) is 1.63. The Hall–Kier alpha value is -0.830. The van der Waals surface area contributed by atoms with E-state index in [9.17, 15) is 4.39 Å². The van der Waals surface area contributed by atoms with E-state index in [4.69, 9.17) is 0 Å². The summed E-state index contributed by atoms with van der Waals surface area (Å²) in [4.78, 5) is 3.07. The molecule has 1 heterocycles. The van der Waals surface area contributed by atoms with Crippen molar-refractivity contribution in [3.05, 3.63) is 34.2 Å². The van der Waals surface area contributed by atoms with E-state index in [2.05, 4.69) is 20.9 Å². The Balaban J connectivity index is 2.89. The van der Waals surface area contributed by atoms with Crippen LogP contribution in [0.25, 0.3) is 10.9 Å². The number of hydrogen-bond donors (Lipinski definition) is 1. The maximum atomic E-state index is 13.3. The average Bonchev–Trinajstić information content (AvgIpc) is 2.39. The highest BCUT2D eigenvalue weighted by atomic mass is 79.9. The van der Waals surface area contributed by atoms with Crippen molar-refractivity contribution in [2.45, 2.75) is 6.92 Å². The molecular formula is C9H7BrFN. The van der Waals surface area contributed by atoms with Crippen LogP contribution in [0.3, 0.4) is 0 Å². The van der Waals surface area contributed by atoms with E-state index in [-0.39, 0.29) is 5.82 Å². The Morgan fingerprint density at radius 2 is 2.17 bits per heavy atom. The molecule has 0 bridgehead atoms. The topological polar surface area (TPSA) is 15.8 Å². The molecule has 0 unspecified atom stereocenters. The van der Waals surface area contributed by atoms with Gasteiger partial charge < -0.3 is 4.98 Å². The number of aromatic amines is 1. The minimum Gasteiger partial charge on any atom is -0.359 e. The van der Waals surface area contributed by atoms with Crippen molar-refractivity contribution in [3.8, 4) is 0 Å². The number of nitrogens with one attached hydrogen (secondary N) is 1. The first-order valence-electron chi connectivity index (χ1n) is 3.62. The molecule has 1 nitrogen and oxygen atoms in total. The number of benzene rings is 1. The predicted octanol–water partition coefficient (Wildman–Crippen LogP) is 3.38. The first-order valence-corrected chi connectivity index (χ1v) is 4.41. The fourth-order valence-electron chi connectivity index (χ4n) is 1.28. The molecule has 0 fully saturated rings. The first kappa shape index (κ1) is 7.80. The fraction of sp³-hybridized carbons (Fsp3) is 0.111. The van der Waals surface area contributed by atoms with Crippen LogP contribution in [0.5, 0.6) is 0 Å². The molecule has 3 heteroatoms. The van der Waals surface area contributed by atoms with Crippen molar-refractivity contribution >= 4 is 26.8 Å². The number of H-pyrrole nitrogens is 1. The van der Waals surface area contributed by atoms with Gasteiger partial charge in [-0.2, -0.15) is 0 Å². The number of aromatic nitrogens is 1. The molecule has 0 aliphatic rings. The van der Waals surface area contributed by atoms with E-state index in [1.807, 2.05) is 13.0 Å². The lowest BCUT2D eigenvalue weighted by Crippen LogP contribution is -1.77. The molecule has 1 aromatic heterocycles. The molecule has 0 aliphatic carbocycles. The highest BCUT2D eigenvalue weighted by molar-refractivity contribution is 9.10. The van der Waals surface area contributed by atoms with Gasteiger partial charge in [0.25, 0.3) is 0 Å². The molecule has 0 saturated heterocycles. The Morgan fingerprint density at radius 1 is 1.42 bits per heavy atom. The molecule has 0 spiro atoms. The Labute approximate surface area is 77.7 Å². The first-order chi connectivity index (χ1) is 5.68. The smallest absolute Gasteiger partial charge is 0.146 e. The molecule has 0 saturated carbocycles. The van der Waals surface area contributed by atoms with Crippen LogP contribution in [0, 0.1) is 12.7 Å². The average molecular weight is 228 g/mol. The summed E-state index contributed by atoms with van der Waals surface area (Å²) >= 11 is 3.14. The van der Waals surface area contributed by atoms with Crippen LogP contribution in [0.15, 0.2) is 22.7 Å². The van der Waals surface area contributed by atoms with Gasteiger partial charge in [-0.15, -0.1) is 0 Å². The van der Waals surface area contributed by atoms with Crippen molar-refractivity contribution in [2.24, 2.45) is 0 Å². The molecule has 12 heavy (non-hydrogen) atoms. The van der Waals surface area contributed by atoms with Crippen LogP contribution in [-0.2, 0) is 0 Å². The number of halogens is 2. The Morgan fingerprint density at radius 3 is 2.92 bits per heavy atom. The van der Waals surface area contributed by atoms with Gasteiger partial charge in [0.1, 0.15) is 5.82 Å². The van der Waals surface area contributed by atoms with Gasteiger partial charge in [0.15, 0.2) is 0 Å². The quantitative estimate of drug-likeness (QED) is 0.711. The standard InChI is InChI=1S/C9H7BrFN/c1-5-4-6-8(12-5)3-2-7(10)9(6)11/h2-4,12H,1H3. The normalized spacial score (nSPS) is 10.9. The zero-order chi connectivity index (χ0) is 8.72. The molecule has 62 valence electrons. The molecule has 2 aromatic rings. The van der Waals surface area contributed by atoms with Gasteiger partial charge in [0.2, 0.25) is 0 Å². The maximum absolute atomic E-state index is 13.3. The van der Waals surface area contributed by atoms with Crippen LogP contribution in [0.1, 0.15) is 5.69 Å². The van der Waals surface area contributed by atoms with E-state index in [1.165, 1.54) is 0 Å². The third kappa shape index (κ3) is 1.05. The van der Waals surface area contributed by atoms with E-state index in [0.717, 1.165) is 11.2 Å². The number of hydrogen-bond acceptors (Lipinski definition) is 0.